The highest BCUT2D eigenvalue weighted by atomic mass is 15.4. The second kappa shape index (κ2) is 6.72. The van der Waals surface area contributed by atoms with Crippen LogP contribution in [0, 0.1) is 6.92 Å². The van der Waals surface area contributed by atoms with Crippen LogP contribution in [0.5, 0.6) is 0 Å². The topological polar surface area (TPSA) is 75.3 Å². The zero-order valence-electron chi connectivity index (χ0n) is 14.6. The molecule has 3 aromatic heterocycles. The van der Waals surface area contributed by atoms with Gasteiger partial charge in [-0.1, -0.05) is 0 Å². The normalized spacial score (nSPS) is 16.4. The first-order valence-corrected chi connectivity index (χ1v) is 8.60. The number of nitrogens with zero attached hydrogens (tertiary/aromatic N) is 8. The lowest BCUT2D eigenvalue weighted by Crippen LogP contribution is -2.43. The van der Waals surface area contributed by atoms with Gasteiger partial charge in [0.15, 0.2) is 11.5 Å². The fourth-order valence-corrected chi connectivity index (χ4v) is 3.37. The van der Waals surface area contributed by atoms with E-state index in [0.717, 1.165) is 55.5 Å². The Bertz CT molecular complexity index is 838. The summed E-state index contributed by atoms with van der Waals surface area (Å²) >= 11 is 0. The van der Waals surface area contributed by atoms with Crippen molar-refractivity contribution in [1.82, 2.24) is 34.7 Å². The van der Waals surface area contributed by atoms with Gasteiger partial charge in [-0.25, -0.2) is 9.97 Å². The van der Waals surface area contributed by atoms with E-state index in [0.29, 0.717) is 6.04 Å². The van der Waals surface area contributed by atoms with Crippen molar-refractivity contribution in [1.29, 1.82) is 0 Å². The van der Waals surface area contributed by atoms with Crippen LogP contribution >= 0.6 is 0 Å². The number of likely N-dealkylation sites (tertiary alicyclic amines) is 1. The molecule has 0 radical (unpaired) electrons. The molecule has 8 heteroatoms. The summed E-state index contributed by atoms with van der Waals surface area (Å²) in [6.45, 7) is 4.82. The molecule has 0 atom stereocenters. The smallest absolute Gasteiger partial charge is 0.177 e. The van der Waals surface area contributed by atoms with Crippen LogP contribution in [0.1, 0.15) is 24.4 Å². The Hall–Kier alpha value is -2.61. The van der Waals surface area contributed by atoms with Gasteiger partial charge in [0, 0.05) is 32.4 Å². The van der Waals surface area contributed by atoms with Crippen molar-refractivity contribution in [3.8, 4) is 0 Å². The Labute approximate surface area is 146 Å². The predicted molar refractivity (Wildman–Crippen MR) is 94.3 cm³/mol. The first-order chi connectivity index (χ1) is 12.2. The van der Waals surface area contributed by atoms with E-state index in [1.165, 1.54) is 0 Å². The minimum absolute atomic E-state index is 0.502. The summed E-state index contributed by atoms with van der Waals surface area (Å²) in [6, 6.07) is 6.38. The van der Waals surface area contributed by atoms with E-state index in [-0.39, 0.29) is 0 Å². The van der Waals surface area contributed by atoms with Gasteiger partial charge in [0.1, 0.15) is 12.1 Å². The van der Waals surface area contributed by atoms with Crippen molar-refractivity contribution in [2.45, 2.75) is 32.4 Å². The number of anilines is 1. The second-order valence-electron chi connectivity index (χ2n) is 6.55. The predicted octanol–water partition coefficient (Wildman–Crippen LogP) is 1.32. The van der Waals surface area contributed by atoms with E-state index >= 15 is 0 Å². The molecule has 0 spiro atoms. The lowest BCUT2D eigenvalue weighted by atomic mass is 10.0. The van der Waals surface area contributed by atoms with Crippen molar-refractivity contribution in [2.75, 3.05) is 25.0 Å². The van der Waals surface area contributed by atoms with E-state index in [9.17, 15) is 0 Å². The molecule has 3 aromatic rings. The minimum Gasteiger partial charge on any atom is -0.356 e. The third-order valence-corrected chi connectivity index (χ3v) is 4.86. The molecule has 0 saturated carbocycles. The molecular formula is C17H22N8. The zero-order valence-corrected chi connectivity index (χ0v) is 14.6. The number of aryl methyl sites for hydroxylation is 1. The molecule has 1 aliphatic rings. The summed E-state index contributed by atoms with van der Waals surface area (Å²) in [4.78, 5) is 13.0. The van der Waals surface area contributed by atoms with E-state index < -0.39 is 0 Å². The van der Waals surface area contributed by atoms with Crippen LogP contribution in [-0.2, 0) is 6.54 Å². The van der Waals surface area contributed by atoms with Crippen LogP contribution in [-0.4, -0.2) is 60.9 Å². The van der Waals surface area contributed by atoms with E-state index in [1.807, 2.05) is 29.6 Å². The Morgan fingerprint density at radius 3 is 2.76 bits per heavy atom. The first kappa shape index (κ1) is 15.9. The number of piperidine rings is 1. The van der Waals surface area contributed by atoms with Crippen LogP contribution in [0.25, 0.3) is 5.65 Å². The Morgan fingerprint density at radius 2 is 2.00 bits per heavy atom. The molecule has 0 aliphatic carbocycles. The van der Waals surface area contributed by atoms with Crippen molar-refractivity contribution in [2.24, 2.45) is 0 Å². The standard InChI is InChI=1S/C17H22N8/c1-13-3-4-16-20-21-17(25(16)22-13)11-24-9-6-14(7-10-24)23(2)15-5-8-18-12-19-15/h3-5,8,12,14H,6-7,9-11H2,1-2H3. The zero-order chi connectivity index (χ0) is 17.2. The van der Waals surface area contributed by atoms with Crippen molar-refractivity contribution >= 4 is 11.5 Å². The highest BCUT2D eigenvalue weighted by Crippen LogP contribution is 2.20. The summed E-state index contributed by atoms with van der Waals surface area (Å²) in [5.74, 6) is 1.89. The molecular weight excluding hydrogens is 316 g/mol. The van der Waals surface area contributed by atoms with Gasteiger partial charge >= 0.3 is 0 Å². The van der Waals surface area contributed by atoms with Crippen LogP contribution in [0.4, 0.5) is 5.82 Å². The molecule has 4 heterocycles. The lowest BCUT2D eigenvalue weighted by Gasteiger charge is -2.36. The van der Waals surface area contributed by atoms with Crippen LogP contribution in [0.15, 0.2) is 30.7 Å². The molecule has 0 bridgehead atoms. The molecule has 1 aliphatic heterocycles. The summed E-state index contributed by atoms with van der Waals surface area (Å²) in [5, 5.41) is 13.0. The van der Waals surface area contributed by atoms with Gasteiger partial charge in [-0.2, -0.15) is 9.61 Å². The highest BCUT2D eigenvalue weighted by molar-refractivity contribution is 5.37. The van der Waals surface area contributed by atoms with E-state index in [1.54, 1.807) is 12.5 Å². The maximum absolute atomic E-state index is 4.53. The third kappa shape index (κ3) is 3.30. The maximum Gasteiger partial charge on any atom is 0.177 e. The summed E-state index contributed by atoms with van der Waals surface area (Å²) in [6.07, 6.45) is 5.60. The van der Waals surface area contributed by atoms with Gasteiger partial charge in [-0.05, 0) is 38.0 Å². The molecule has 8 nitrogen and oxygen atoms in total. The number of hydrogen-bond donors (Lipinski definition) is 0. The Kier molecular flexibility index (Phi) is 4.27. The minimum atomic E-state index is 0.502. The van der Waals surface area contributed by atoms with Crippen LogP contribution < -0.4 is 4.90 Å². The fourth-order valence-electron chi connectivity index (χ4n) is 3.37. The number of rotatable bonds is 4. The van der Waals surface area contributed by atoms with Gasteiger partial charge in [-0.3, -0.25) is 4.90 Å². The van der Waals surface area contributed by atoms with Gasteiger partial charge in [0.25, 0.3) is 0 Å². The monoisotopic (exact) mass is 338 g/mol. The lowest BCUT2D eigenvalue weighted by molar-refractivity contribution is 0.197. The number of hydrogen-bond acceptors (Lipinski definition) is 7. The summed E-state index contributed by atoms with van der Waals surface area (Å²) in [7, 11) is 2.11. The van der Waals surface area contributed by atoms with Crippen molar-refractivity contribution in [3.05, 3.63) is 42.2 Å². The average Bonchev–Trinajstić information content (AvgIpc) is 3.04. The van der Waals surface area contributed by atoms with Gasteiger partial charge in [0.2, 0.25) is 0 Å². The van der Waals surface area contributed by atoms with Crippen molar-refractivity contribution < 1.29 is 0 Å². The molecule has 0 amide bonds. The van der Waals surface area contributed by atoms with Crippen LogP contribution in [0.3, 0.4) is 0 Å². The Morgan fingerprint density at radius 1 is 1.16 bits per heavy atom. The molecule has 4 rings (SSSR count). The maximum atomic E-state index is 4.53. The Balaban J connectivity index is 1.39. The summed E-state index contributed by atoms with van der Waals surface area (Å²) < 4.78 is 1.86. The quantitative estimate of drug-likeness (QED) is 0.710. The second-order valence-corrected chi connectivity index (χ2v) is 6.55. The molecule has 0 unspecified atom stereocenters. The fraction of sp³-hybridized carbons (Fsp3) is 0.471. The number of fused-ring (bicyclic) bond motifs is 1. The van der Waals surface area contributed by atoms with Gasteiger partial charge in [0.05, 0.1) is 12.2 Å². The molecule has 0 N–H and O–H groups in total. The molecule has 1 fully saturated rings. The largest absolute Gasteiger partial charge is 0.356 e. The SMILES string of the molecule is Cc1ccc2nnc(CN3CCC(N(C)c4ccncn4)CC3)n2n1. The van der Waals surface area contributed by atoms with Gasteiger partial charge in [-0.15, -0.1) is 10.2 Å². The molecule has 1 saturated heterocycles. The third-order valence-electron chi connectivity index (χ3n) is 4.86. The van der Waals surface area contributed by atoms with Gasteiger partial charge < -0.3 is 4.90 Å². The first-order valence-electron chi connectivity index (χ1n) is 8.60. The van der Waals surface area contributed by atoms with E-state index in [2.05, 4.69) is 42.1 Å². The van der Waals surface area contributed by atoms with E-state index in [4.69, 9.17) is 0 Å². The van der Waals surface area contributed by atoms with Crippen LogP contribution in [0.2, 0.25) is 0 Å². The average molecular weight is 338 g/mol. The summed E-state index contributed by atoms with van der Waals surface area (Å²) in [5.41, 5.74) is 1.78. The molecule has 130 valence electrons. The van der Waals surface area contributed by atoms with Crippen molar-refractivity contribution in [3.63, 3.8) is 0 Å². The number of aromatic nitrogens is 6. The molecule has 25 heavy (non-hydrogen) atoms. The molecule has 0 aromatic carbocycles. The highest BCUT2D eigenvalue weighted by Gasteiger charge is 2.24.